The summed E-state index contributed by atoms with van der Waals surface area (Å²) in [7, 11) is 0. The topological polar surface area (TPSA) is 27.7 Å². The first-order valence-corrected chi connectivity index (χ1v) is 4.89. The summed E-state index contributed by atoms with van der Waals surface area (Å²) in [6.45, 7) is 3.19. The summed E-state index contributed by atoms with van der Waals surface area (Å²) in [5.74, 6) is 1.73. The molecule has 0 radical (unpaired) electrons. The van der Waals surface area contributed by atoms with Gasteiger partial charge in [0, 0.05) is 5.56 Å². The second-order valence-corrected chi connectivity index (χ2v) is 3.64. The van der Waals surface area contributed by atoms with E-state index in [-0.39, 0.29) is 6.10 Å². The molecule has 1 aromatic carbocycles. The minimum absolute atomic E-state index is 0.121. The summed E-state index contributed by atoms with van der Waals surface area (Å²) >= 11 is 0. The Hall–Kier alpha value is -1.22. The fourth-order valence-electron chi connectivity index (χ4n) is 2.13. The largest absolute Gasteiger partial charge is 0.454 e. The number of benzene rings is 1. The van der Waals surface area contributed by atoms with E-state index in [9.17, 15) is 0 Å². The minimum Gasteiger partial charge on any atom is -0.454 e. The van der Waals surface area contributed by atoms with Crippen LogP contribution in [0.25, 0.3) is 0 Å². The van der Waals surface area contributed by atoms with E-state index in [4.69, 9.17) is 14.2 Å². The van der Waals surface area contributed by atoms with E-state index in [1.807, 2.05) is 6.07 Å². The molecule has 1 atom stereocenters. The Morgan fingerprint density at radius 2 is 2.21 bits per heavy atom. The average Bonchev–Trinajstić information content (AvgIpc) is 2.65. The highest BCUT2D eigenvalue weighted by atomic mass is 16.7. The van der Waals surface area contributed by atoms with Gasteiger partial charge in [0.2, 0.25) is 6.79 Å². The van der Waals surface area contributed by atoms with Gasteiger partial charge >= 0.3 is 0 Å². The van der Waals surface area contributed by atoms with Crippen LogP contribution in [0.1, 0.15) is 24.2 Å². The van der Waals surface area contributed by atoms with E-state index < -0.39 is 0 Å². The van der Waals surface area contributed by atoms with Gasteiger partial charge in [0.25, 0.3) is 0 Å². The van der Waals surface area contributed by atoms with Crippen LogP contribution in [0.4, 0.5) is 0 Å². The number of ether oxygens (including phenoxy) is 3. The quantitative estimate of drug-likeness (QED) is 0.629. The van der Waals surface area contributed by atoms with Gasteiger partial charge in [-0.1, -0.05) is 6.07 Å². The summed E-state index contributed by atoms with van der Waals surface area (Å²) in [5.41, 5.74) is 2.50. The molecule has 3 nitrogen and oxygen atoms in total. The second-order valence-electron chi connectivity index (χ2n) is 3.64. The van der Waals surface area contributed by atoms with Gasteiger partial charge in [-0.05, 0) is 25.0 Å². The zero-order chi connectivity index (χ0) is 9.54. The predicted molar refractivity (Wildman–Crippen MR) is 50.6 cm³/mol. The summed E-state index contributed by atoms with van der Waals surface area (Å²) in [6, 6.07) is 4.10. The molecular formula is C11H12O3. The smallest absolute Gasteiger partial charge is 0.231 e. The highest BCUT2D eigenvalue weighted by Gasteiger charge is 2.27. The molecule has 3 heteroatoms. The lowest BCUT2D eigenvalue weighted by Gasteiger charge is -2.24. The van der Waals surface area contributed by atoms with Crippen LogP contribution in [0.3, 0.4) is 0 Å². The number of hydrogen-bond acceptors (Lipinski definition) is 3. The van der Waals surface area contributed by atoms with Crippen LogP contribution in [0.5, 0.6) is 11.5 Å². The van der Waals surface area contributed by atoms with Gasteiger partial charge in [-0.15, -0.1) is 0 Å². The number of hydrogen-bond donors (Lipinski definition) is 0. The van der Waals surface area contributed by atoms with Gasteiger partial charge in [-0.25, -0.2) is 0 Å². The van der Waals surface area contributed by atoms with Crippen molar-refractivity contribution in [3.63, 3.8) is 0 Å². The summed E-state index contributed by atoms with van der Waals surface area (Å²) < 4.78 is 16.4. The number of fused-ring (bicyclic) bond motifs is 3. The molecule has 2 heterocycles. The third-order valence-corrected chi connectivity index (χ3v) is 2.81. The molecule has 0 fully saturated rings. The first-order valence-electron chi connectivity index (χ1n) is 4.89. The first kappa shape index (κ1) is 8.12. The van der Waals surface area contributed by atoms with Gasteiger partial charge in [0.1, 0.15) is 0 Å². The lowest BCUT2D eigenvalue weighted by atomic mass is 9.97. The molecule has 0 amide bonds. The maximum atomic E-state index is 5.59. The lowest BCUT2D eigenvalue weighted by Crippen LogP contribution is -2.14. The number of rotatable bonds is 0. The molecule has 1 unspecified atom stereocenters. The van der Waals surface area contributed by atoms with Gasteiger partial charge in [-0.2, -0.15) is 0 Å². The Morgan fingerprint density at radius 1 is 1.29 bits per heavy atom. The van der Waals surface area contributed by atoms with Crippen LogP contribution in [0.2, 0.25) is 0 Å². The normalized spacial score (nSPS) is 23.4. The lowest BCUT2D eigenvalue weighted by molar-refractivity contribution is 0.0529. The van der Waals surface area contributed by atoms with Crippen LogP contribution in [0.15, 0.2) is 12.1 Å². The first-order chi connectivity index (χ1) is 6.86. The van der Waals surface area contributed by atoms with Gasteiger partial charge in [-0.3, -0.25) is 0 Å². The molecule has 2 aliphatic rings. The Bertz CT molecular complexity index is 373. The maximum absolute atomic E-state index is 5.59. The van der Waals surface area contributed by atoms with E-state index in [0.717, 1.165) is 24.5 Å². The average molecular weight is 192 g/mol. The van der Waals surface area contributed by atoms with Crippen molar-refractivity contribution in [2.24, 2.45) is 0 Å². The van der Waals surface area contributed by atoms with Crippen molar-refractivity contribution in [3.8, 4) is 11.5 Å². The third-order valence-electron chi connectivity index (χ3n) is 2.81. The van der Waals surface area contributed by atoms with Crippen LogP contribution in [0, 0.1) is 0 Å². The predicted octanol–water partition coefficient (Wildman–Crippen LogP) is 2.05. The van der Waals surface area contributed by atoms with E-state index in [1.165, 1.54) is 11.1 Å². The van der Waals surface area contributed by atoms with Crippen molar-refractivity contribution in [1.29, 1.82) is 0 Å². The second kappa shape index (κ2) is 2.89. The highest BCUT2D eigenvalue weighted by Crippen LogP contribution is 2.43. The summed E-state index contributed by atoms with van der Waals surface area (Å²) in [5, 5.41) is 0. The van der Waals surface area contributed by atoms with E-state index >= 15 is 0 Å². The Morgan fingerprint density at radius 3 is 3.14 bits per heavy atom. The van der Waals surface area contributed by atoms with Crippen LogP contribution < -0.4 is 9.47 Å². The Balaban J connectivity index is 2.19. The zero-order valence-corrected chi connectivity index (χ0v) is 8.08. The standard InChI is InChI=1S/C11H12O3/c1-7-10-8(4-5-12-7)2-3-9-11(10)14-6-13-9/h2-3,7H,4-6H2,1H3. The maximum Gasteiger partial charge on any atom is 0.231 e. The summed E-state index contributed by atoms with van der Waals surface area (Å²) in [4.78, 5) is 0. The van der Waals surface area contributed by atoms with E-state index in [0.29, 0.717) is 6.79 Å². The molecule has 14 heavy (non-hydrogen) atoms. The molecule has 74 valence electrons. The molecule has 2 aliphatic heterocycles. The van der Waals surface area contributed by atoms with E-state index in [1.54, 1.807) is 0 Å². The van der Waals surface area contributed by atoms with E-state index in [2.05, 4.69) is 13.0 Å². The fraction of sp³-hybridized carbons (Fsp3) is 0.455. The van der Waals surface area contributed by atoms with Crippen LogP contribution >= 0.6 is 0 Å². The van der Waals surface area contributed by atoms with Crippen molar-refractivity contribution in [1.82, 2.24) is 0 Å². The van der Waals surface area contributed by atoms with Crippen LogP contribution in [-0.2, 0) is 11.2 Å². The molecule has 0 aromatic heterocycles. The van der Waals surface area contributed by atoms with Crippen LogP contribution in [-0.4, -0.2) is 13.4 Å². The van der Waals surface area contributed by atoms with Gasteiger partial charge < -0.3 is 14.2 Å². The zero-order valence-electron chi connectivity index (χ0n) is 8.08. The van der Waals surface area contributed by atoms with Crippen molar-refractivity contribution in [2.45, 2.75) is 19.4 Å². The molecule has 3 rings (SSSR count). The monoisotopic (exact) mass is 192 g/mol. The van der Waals surface area contributed by atoms with Crippen molar-refractivity contribution in [2.75, 3.05) is 13.4 Å². The molecule has 0 saturated carbocycles. The SMILES string of the molecule is CC1OCCc2ccc3c(c21)OCO3. The Kier molecular flexibility index (Phi) is 1.67. The molecule has 0 spiro atoms. The van der Waals surface area contributed by atoms with Crippen molar-refractivity contribution >= 4 is 0 Å². The fourth-order valence-corrected chi connectivity index (χ4v) is 2.13. The molecule has 0 bridgehead atoms. The third kappa shape index (κ3) is 1.02. The molecule has 1 aromatic rings. The Labute approximate surface area is 82.6 Å². The molecular weight excluding hydrogens is 180 g/mol. The van der Waals surface area contributed by atoms with Gasteiger partial charge in [0.15, 0.2) is 11.5 Å². The van der Waals surface area contributed by atoms with Gasteiger partial charge in [0.05, 0.1) is 12.7 Å². The minimum atomic E-state index is 0.121. The van der Waals surface area contributed by atoms with Crippen molar-refractivity contribution in [3.05, 3.63) is 23.3 Å². The molecule has 0 aliphatic carbocycles. The van der Waals surface area contributed by atoms with Crippen molar-refractivity contribution < 1.29 is 14.2 Å². The summed E-state index contributed by atoms with van der Waals surface area (Å²) in [6.07, 6.45) is 1.09. The molecule has 0 saturated heterocycles. The highest BCUT2D eigenvalue weighted by molar-refractivity contribution is 5.53. The molecule has 0 N–H and O–H groups in total.